The Kier molecular flexibility index (Phi) is 11.0. The van der Waals surface area contributed by atoms with Crippen molar-refractivity contribution in [3.63, 3.8) is 0 Å². The van der Waals surface area contributed by atoms with Crippen LogP contribution >= 0.6 is 35.7 Å². The molecule has 0 spiro atoms. The number of nitrogens with zero attached hydrogens (tertiary/aromatic N) is 2. The molecule has 0 saturated carbocycles. The Morgan fingerprint density at radius 2 is 2.12 bits per heavy atom. The number of halogens is 1. The van der Waals surface area contributed by atoms with E-state index >= 15 is 0 Å². The molecule has 0 aliphatic carbocycles. The quantitative estimate of drug-likeness (QED) is 0.273. The van der Waals surface area contributed by atoms with Crippen LogP contribution in [0, 0.1) is 12.8 Å². The number of hydrogen-bond donors (Lipinski definition) is 2. The van der Waals surface area contributed by atoms with Crippen molar-refractivity contribution in [2.45, 2.75) is 51.1 Å². The van der Waals surface area contributed by atoms with Crippen LogP contribution in [0.3, 0.4) is 0 Å². The summed E-state index contributed by atoms with van der Waals surface area (Å²) in [5.41, 5.74) is 2.63. The van der Waals surface area contributed by atoms with Gasteiger partial charge in [0.2, 0.25) is 0 Å². The average Bonchev–Trinajstić information content (AvgIpc) is 2.62. The molecular formula is C20H35IN4S. The fourth-order valence-electron chi connectivity index (χ4n) is 3.37. The van der Waals surface area contributed by atoms with E-state index in [1.165, 1.54) is 42.0 Å². The Bertz CT molecular complexity index is 577. The van der Waals surface area contributed by atoms with Gasteiger partial charge in [-0.1, -0.05) is 12.1 Å². The third-order valence-electron chi connectivity index (χ3n) is 4.95. The standard InChI is InChI=1S/C20H34N4S.HI/c1-15(2)24-10-6-7-17(14-24)12-22-20(21-4)23-13-18-9-8-16(3)11-19(18)25-5;/h8-9,11,15,17H,6-7,10,12-14H2,1-5H3,(H2,21,22,23);1H. The molecule has 4 nitrogen and oxygen atoms in total. The summed E-state index contributed by atoms with van der Waals surface area (Å²) in [6.07, 6.45) is 4.74. The smallest absolute Gasteiger partial charge is 0.191 e. The minimum absolute atomic E-state index is 0. The number of aliphatic imine (C=N–C) groups is 1. The van der Waals surface area contributed by atoms with Gasteiger partial charge in [0.25, 0.3) is 0 Å². The molecule has 1 saturated heterocycles. The van der Waals surface area contributed by atoms with Crippen LogP contribution in [0.4, 0.5) is 0 Å². The number of aryl methyl sites for hydroxylation is 1. The zero-order valence-corrected chi connectivity index (χ0v) is 20.0. The van der Waals surface area contributed by atoms with Crippen molar-refractivity contribution >= 4 is 41.7 Å². The fraction of sp³-hybridized carbons (Fsp3) is 0.650. The first-order chi connectivity index (χ1) is 12.0. The van der Waals surface area contributed by atoms with E-state index in [1.54, 1.807) is 11.8 Å². The van der Waals surface area contributed by atoms with Gasteiger partial charge in [0.1, 0.15) is 0 Å². The molecular weight excluding hydrogens is 455 g/mol. The van der Waals surface area contributed by atoms with Gasteiger partial charge in [-0.25, -0.2) is 0 Å². The summed E-state index contributed by atoms with van der Waals surface area (Å²) in [5, 5.41) is 6.99. The molecule has 1 aliphatic heterocycles. The molecule has 1 fully saturated rings. The molecule has 1 atom stereocenters. The zero-order chi connectivity index (χ0) is 18.2. The number of likely N-dealkylation sites (tertiary alicyclic amines) is 1. The minimum atomic E-state index is 0. The SMILES string of the molecule is CN=C(NCc1ccc(C)cc1SC)NCC1CCCN(C(C)C)C1.I. The summed E-state index contributed by atoms with van der Waals surface area (Å²) in [6, 6.07) is 7.28. The molecule has 0 amide bonds. The highest BCUT2D eigenvalue weighted by atomic mass is 127. The molecule has 1 aromatic carbocycles. The molecule has 26 heavy (non-hydrogen) atoms. The third-order valence-corrected chi connectivity index (χ3v) is 5.77. The monoisotopic (exact) mass is 490 g/mol. The van der Waals surface area contributed by atoms with Gasteiger partial charge in [0.15, 0.2) is 5.96 Å². The van der Waals surface area contributed by atoms with Crippen LogP contribution < -0.4 is 10.6 Å². The number of benzene rings is 1. The van der Waals surface area contributed by atoms with Gasteiger partial charge in [-0.05, 0) is 69.5 Å². The van der Waals surface area contributed by atoms with Gasteiger partial charge in [0.05, 0.1) is 0 Å². The zero-order valence-electron chi connectivity index (χ0n) is 16.8. The van der Waals surface area contributed by atoms with E-state index in [1.807, 2.05) is 7.05 Å². The van der Waals surface area contributed by atoms with Crippen LogP contribution in [0.5, 0.6) is 0 Å². The minimum Gasteiger partial charge on any atom is -0.356 e. The maximum absolute atomic E-state index is 4.39. The van der Waals surface area contributed by atoms with Crippen LogP contribution in [0.1, 0.15) is 37.8 Å². The van der Waals surface area contributed by atoms with Gasteiger partial charge in [-0.15, -0.1) is 35.7 Å². The molecule has 2 rings (SSSR count). The number of guanidine groups is 1. The first kappa shape index (κ1) is 23.6. The lowest BCUT2D eigenvalue weighted by Gasteiger charge is -2.35. The van der Waals surface area contributed by atoms with Crippen molar-refractivity contribution in [2.75, 3.05) is 32.9 Å². The van der Waals surface area contributed by atoms with E-state index in [2.05, 4.69) is 65.8 Å². The second-order valence-corrected chi connectivity index (χ2v) is 8.07. The summed E-state index contributed by atoms with van der Waals surface area (Å²) in [5.74, 6) is 1.60. The Morgan fingerprint density at radius 1 is 1.35 bits per heavy atom. The molecule has 1 heterocycles. The summed E-state index contributed by atoms with van der Waals surface area (Å²) in [4.78, 5) is 8.31. The number of nitrogens with one attached hydrogen (secondary N) is 2. The van der Waals surface area contributed by atoms with Gasteiger partial charge < -0.3 is 15.5 Å². The van der Waals surface area contributed by atoms with Gasteiger partial charge in [0, 0.05) is 37.6 Å². The third kappa shape index (κ3) is 7.27. The molecule has 1 aromatic rings. The number of rotatable bonds is 6. The van der Waals surface area contributed by atoms with Crippen molar-refractivity contribution in [1.29, 1.82) is 0 Å². The van der Waals surface area contributed by atoms with Crippen LogP contribution in [0.25, 0.3) is 0 Å². The lowest BCUT2D eigenvalue weighted by molar-refractivity contribution is 0.141. The largest absolute Gasteiger partial charge is 0.356 e. The van der Waals surface area contributed by atoms with Crippen molar-refractivity contribution in [3.05, 3.63) is 29.3 Å². The fourth-order valence-corrected chi connectivity index (χ4v) is 4.08. The summed E-state index contributed by atoms with van der Waals surface area (Å²) in [7, 11) is 1.85. The maximum atomic E-state index is 4.39. The highest BCUT2D eigenvalue weighted by molar-refractivity contribution is 14.0. The van der Waals surface area contributed by atoms with Crippen LogP contribution in [0.2, 0.25) is 0 Å². The van der Waals surface area contributed by atoms with Crippen LogP contribution in [0.15, 0.2) is 28.1 Å². The Labute approximate surface area is 181 Å². The Morgan fingerprint density at radius 3 is 2.77 bits per heavy atom. The highest BCUT2D eigenvalue weighted by Gasteiger charge is 2.21. The van der Waals surface area contributed by atoms with Gasteiger partial charge in [-0.3, -0.25) is 4.99 Å². The number of piperidine rings is 1. The van der Waals surface area contributed by atoms with Crippen molar-refractivity contribution in [1.82, 2.24) is 15.5 Å². The van der Waals surface area contributed by atoms with E-state index in [0.717, 1.165) is 19.0 Å². The van der Waals surface area contributed by atoms with E-state index in [-0.39, 0.29) is 24.0 Å². The average molecular weight is 490 g/mol. The van der Waals surface area contributed by atoms with Gasteiger partial charge in [-0.2, -0.15) is 0 Å². The summed E-state index contributed by atoms with van der Waals surface area (Å²) in [6.45, 7) is 11.0. The number of hydrogen-bond acceptors (Lipinski definition) is 3. The van der Waals surface area contributed by atoms with Crippen molar-refractivity contribution < 1.29 is 0 Å². The van der Waals surface area contributed by atoms with Gasteiger partial charge >= 0.3 is 0 Å². The molecule has 1 unspecified atom stereocenters. The van der Waals surface area contributed by atoms with Crippen LogP contribution in [-0.2, 0) is 6.54 Å². The maximum Gasteiger partial charge on any atom is 0.191 e. The lowest BCUT2D eigenvalue weighted by Crippen LogP contribution is -2.46. The van der Waals surface area contributed by atoms with E-state index in [9.17, 15) is 0 Å². The summed E-state index contributed by atoms with van der Waals surface area (Å²) < 4.78 is 0. The Balaban J connectivity index is 0.00000338. The molecule has 0 aromatic heterocycles. The molecule has 0 bridgehead atoms. The van der Waals surface area contributed by atoms with E-state index < -0.39 is 0 Å². The normalized spacial score (nSPS) is 18.5. The second kappa shape index (κ2) is 12.1. The first-order valence-electron chi connectivity index (χ1n) is 9.35. The van der Waals surface area contributed by atoms with Crippen LogP contribution in [-0.4, -0.2) is 49.8 Å². The predicted octanol–water partition coefficient (Wildman–Crippen LogP) is 4.12. The lowest BCUT2D eigenvalue weighted by atomic mass is 9.97. The molecule has 0 radical (unpaired) electrons. The van der Waals surface area contributed by atoms with Crippen molar-refractivity contribution in [3.8, 4) is 0 Å². The molecule has 2 N–H and O–H groups in total. The van der Waals surface area contributed by atoms with E-state index in [4.69, 9.17) is 0 Å². The predicted molar refractivity (Wildman–Crippen MR) is 126 cm³/mol. The summed E-state index contributed by atoms with van der Waals surface area (Å²) >= 11 is 1.80. The van der Waals surface area contributed by atoms with E-state index in [0.29, 0.717) is 12.0 Å². The van der Waals surface area contributed by atoms with Crippen molar-refractivity contribution in [2.24, 2.45) is 10.9 Å². The second-order valence-electron chi connectivity index (χ2n) is 7.22. The molecule has 148 valence electrons. The number of thioether (sulfide) groups is 1. The topological polar surface area (TPSA) is 39.7 Å². The highest BCUT2D eigenvalue weighted by Crippen LogP contribution is 2.21. The molecule has 1 aliphatic rings. The Hall–Kier alpha value is -0.470. The first-order valence-corrected chi connectivity index (χ1v) is 10.6. The molecule has 6 heteroatoms.